The maximum atomic E-state index is 13.7. The second-order valence-corrected chi connectivity index (χ2v) is 6.64. The van der Waals surface area contributed by atoms with Crippen LogP contribution in [0.25, 0.3) is 0 Å². The van der Waals surface area contributed by atoms with E-state index in [1.165, 1.54) is 17.2 Å². The van der Waals surface area contributed by atoms with Gasteiger partial charge in [0.15, 0.2) is 0 Å². The summed E-state index contributed by atoms with van der Waals surface area (Å²) >= 11 is 0. The van der Waals surface area contributed by atoms with E-state index in [1.807, 2.05) is 0 Å². The number of benzene rings is 1. The molecule has 0 radical (unpaired) electrons. The van der Waals surface area contributed by atoms with Crippen LogP contribution in [0.3, 0.4) is 0 Å². The first-order chi connectivity index (χ1) is 9.98. The van der Waals surface area contributed by atoms with Crippen LogP contribution < -0.4 is 0 Å². The summed E-state index contributed by atoms with van der Waals surface area (Å²) in [5.41, 5.74) is 0. The van der Waals surface area contributed by atoms with Crippen molar-refractivity contribution in [3.8, 4) is 0 Å². The normalized spacial score (nSPS) is 20.0. The van der Waals surface area contributed by atoms with Crippen LogP contribution in [0.1, 0.15) is 12.5 Å². The van der Waals surface area contributed by atoms with Crippen LogP contribution in [-0.2, 0) is 10.0 Å². The maximum Gasteiger partial charge on any atom is 0.246 e. The van der Waals surface area contributed by atoms with Crippen LogP contribution in [0, 0.1) is 11.6 Å². The van der Waals surface area contributed by atoms with Gasteiger partial charge in [0.1, 0.15) is 16.5 Å². The molecule has 3 rings (SSSR count). The minimum absolute atomic E-state index is 0.132. The van der Waals surface area contributed by atoms with Crippen LogP contribution >= 0.6 is 0 Å². The Bertz CT molecular complexity index is 749. The first kappa shape index (κ1) is 14.1. The van der Waals surface area contributed by atoms with Crippen molar-refractivity contribution in [1.29, 1.82) is 0 Å². The molecule has 1 aromatic heterocycles. The number of aromatic nitrogens is 3. The van der Waals surface area contributed by atoms with Gasteiger partial charge in [-0.25, -0.2) is 17.2 Å². The molecule has 0 amide bonds. The molecular weight excluding hydrogens is 302 g/mol. The van der Waals surface area contributed by atoms with E-state index >= 15 is 0 Å². The molecule has 1 fully saturated rings. The molecule has 1 atom stereocenters. The molecule has 1 unspecified atom stereocenters. The lowest BCUT2D eigenvalue weighted by Crippen LogP contribution is -2.30. The highest BCUT2D eigenvalue weighted by Gasteiger charge is 2.35. The van der Waals surface area contributed by atoms with Crippen LogP contribution in [0.5, 0.6) is 0 Å². The first-order valence-corrected chi connectivity index (χ1v) is 7.73. The largest absolute Gasteiger partial charge is 0.246 e. The number of nitrogens with zero attached hydrogens (tertiary/aromatic N) is 4. The third kappa shape index (κ3) is 2.54. The Morgan fingerprint density at radius 3 is 2.62 bits per heavy atom. The Kier molecular flexibility index (Phi) is 3.46. The van der Waals surface area contributed by atoms with Gasteiger partial charge in [-0.1, -0.05) is 0 Å². The van der Waals surface area contributed by atoms with Gasteiger partial charge in [-0.05, 0) is 24.6 Å². The minimum atomic E-state index is -4.07. The van der Waals surface area contributed by atoms with Gasteiger partial charge in [-0.3, -0.25) is 0 Å². The van der Waals surface area contributed by atoms with Crippen molar-refractivity contribution < 1.29 is 17.2 Å². The highest BCUT2D eigenvalue weighted by atomic mass is 32.2. The molecule has 0 bridgehead atoms. The number of sulfonamides is 1. The van der Waals surface area contributed by atoms with Gasteiger partial charge in [-0.2, -0.15) is 19.3 Å². The van der Waals surface area contributed by atoms with Crippen molar-refractivity contribution in [3.05, 3.63) is 42.2 Å². The predicted octanol–water partition coefficient (Wildman–Crippen LogP) is 1.19. The fourth-order valence-corrected chi connectivity index (χ4v) is 3.91. The molecule has 1 aromatic carbocycles. The van der Waals surface area contributed by atoms with E-state index in [0.717, 1.165) is 16.4 Å². The van der Waals surface area contributed by atoms with Crippen molar-refractivity contribution in [2.45, 2.75) is 17.4 Å². The molecule has 2 aromatic rings. The molecule has 9 heteroatoms. The molecule has 2 heterocycles. The summed E-state index contributed by atoms with van der Waals surface area (Å²) in [6.07, 6.45) is 3.53. The molecule has 0 saturated carbocycles. The van der Waals surface area contributed by atoms with Gasteiger partial charge in [0.25, 0.3) is 0 Å². The van der Waals surface area contributed by atoms with Crippen LogP contribution in [0.15, 0.2) is 35.5 Å². The molecular formula is C12H12F2N4O2S. The topological polar surface area (TPSA) is 68.1 Å². The molecule has 0 N–H and O–H groups in total. The summed E-state index contributed by atoms with van der Waals surface area (Å²) in [5, 5.41) is 7.94. The molecule has 1 saturated heterocycles. The van der Waals surface area contributed by atoms with Crippen molar-refractivity contribution in [2.75, 3.05) is 13.1 Å². The first-order valence-electron chi connectivity index (χ1n) is 6.29. The summed E-state index contributed by atoms with van der Waals surface area (Å²) in [7, 11) is -4.07. The standard InChI is InChI=1S/C12H12F2N4O2S/c13-9-1-2-11(14)12(7-9)21(19,20)17-6-3-10(8-17)18-15-4-5-16-18/h1-2,4-5,7,10H,3,6,8H2. The third-order valence-corrected chi connectivity index (χ3v) is 5.28. The van der Waals surface area contributed by atoms with E-state index < -0.39 is 26.6 Å². The molecule has 0 spiro atoms. The lowest BCUT2D eigenvalue weighted by molar-refractivity contribution is 0.401. The average molecular weight is 314 g/mol. The highest BCUT2D eigenvalue weighted by Crippen LogP contribution is 2.27. The van der Waals surface area contributed by atoms with E-state index in [0.29, 0.717) is 12.5 Å². The SMILES string of the molecule is O=S(=O)(c1cc(F)ccc1F)N1CCC(n2nccn2)C1. The van der Waals surface area contributed by atoms with Gasteiger partial charge >= 0.3 is 0 Å². The quantitative estimate of drug-likeness (QED) is 0.853. The summed E-state index contributed by atoms with van der Waals surface area (Å²) in [6.45, 7) is 0.345. The minimum Gasteiger partial charge on any atom is -0.207 e. The van der Waals surface area contributed by atoms with Crippen molar-refractivity contribution in [1.82, 2.24) is 19.3 Å². The Balaban J connectivity index is 1.88. The van der Waals surface area contributed by atoms with Gasteiger partial charge in [0, 0.05) is 13.1 Å². The lowest BCUT2D eigenvalue weighted by atomic mass is 10.3. The number of hydrogen-bond acceptors (Lipinski definition) is 4. The molecule has 6 nitrogen and oxygen atoms in total. The average Bonchev–Trinajstić information content (AvgIpc) is 3.11. The zero-order valence-corrected chi connectivity index (χ0v) is 11.7. The summed E-state index contributed by atoms with van der Waals surface area (Å²) in [4.78, 5) is 0.786. The zero-order valence-electron chi connectivity index (χ0n) is 10.9. The van der Waals surface area contributed by atoms with Crippen LogP contribution in [-0.4, -0.2) is 40.8 Å². The molecule has 0 aliphatic carbocycles. The van der Waals surface area contributed by atoms with Gasteiger partial charge < -0.3 is 0 Å². The second kappa shape index (κ2) is 5.15. The number of rotatable bonds is 3. The molecule has 1 aliphatic rings. The third-order valence-electron chi connectivity index (χ3n) is 3.40. The van der Waals surface area contributed by atoms with E-state index in [9.17, 15) is 17.2 Å². The lowest BCUT2D eigenvalue weighted by Gasteiger charge is -2.16. The van der Waals surface area contributed by atoms with E-state index in [4.69, 9.17) is 0 Å². The monoisotopic (exact) mass is 314 g/mol. The van der Waals surface area contributed by atoms with Crippen molar-refractivity contribution >= 4 is 10.0 Å². The van der Waals surface area contributed by atoms with Crippen molar-refractivity contribution in [2.24, 2.45) is 0 Å². The van der Waals surface area contributed by atoms with Gasteiger partial charge in [-0.15, -0.1) is 0 Å². The summed E-state index contributed by atoms with van der Waals surface area (Å²) in [5.74, 6) is -1.75. The predicted molar refractivity (Wildman–Crippen MR) is 68.8 cm³/mol. The van der Waals surface area contributed by atoms with Gasteiger partial charge in [0.05, 0.1) is 18.4 Å². The Morgan fingerprint density at radius 1 is 1.19 bits per heavy atom. The Morgan fingerprint density at radius 2 is 1.90 bits per heavy atom. The Labute approximate surface area is 120 Å². The van der Waals surface area contributed by atoms with Crippen LogP contribution in [0.2, 0.25) is 0 Å². The molecule has 21 heavy (non-hydrogen) atoms. The molecule has 112 valence electrons. The van der Waals surface area contributed by atoms with Gasteiger partial charge in [0.2, 0.25) is 10.0 Å². The number of hydrogen-bond donors (Lipinski definition) is 0. The van der Waals surface area contributed by atoms with E-state index in [1.54, 1.807) is 0 Å². The van der Waals surface area contributed by atoms with E-state index in [2.05, 4.69) is 10.2 Å². The summed E-state index contributed by atoms with van der Waals surface area (Å²) in [6, 6.07) is 2.19. The van der Waals surface area contributed by atoms with Crippen molar-refractivity contribution in [3.63, 3.8) is 0 Å². The highest BCUT2D eigenvalue weighted by molar-refractivity contribution is 7.89. The Hall–Kier alpha value is -1.87. The molecule has 1 aliphatic heterocycles. The smallest absolute Gasteiger partial charge is 0.207 e. The van der Waals surface area contributed by atoms with E-state index in [-0.39, 0.29) is 19.1 Å². The van der Waals surface area contributed by atoms with Crippen LogP contribution in [0.4, 0.5) is 8.78 Å². The number of halogens is 2. The second-order valence-electron chi connectivity index (χ2n) is 4.73. The summed E-state index contributed by atoms with van der Waals surface area (Å²) < 4.78 is 52.8. The fraction of sp³-hybridized carbons (Fsp3) is 0.333. The fourth-order valence-electron chi connectivity index (χ4n) is 2.35. The maximum absolute atomic E-state index is 13.7. The zero-order chi connectivity index (χ0) is 15.0.